The fourth-order valence-corrected chi connectivity index (χ4v) is 3.48. The van der Waals surface area contributed by atoms with E-state index in [-0.39, 0.29) is 11.7 Å². The lowest BCUT2D eigenvalue weighted by Crippen LogP contribution is -2.13. The molecule has 0 saturated heterocycles. The molecule has 0 atom stereocenters. The summed E-state index contributed by atoms with van der Waals surface area (Å²) in [4.78, 5) is 18.5. The number of carbonyl (C=O) groups is 1. The lowest BCUT2D eigenvalue weighted by atomic mass is 10.1. The molecule has 0 fully saturated rings. The molecule has 0 unspecified atom stereocenters. The van der Waals surface area contributed by atoms with Gasteiger partial charge in [0.15, 0.2) is 5.65 Å². The first-order valence-electron chi connectivity index (χ1n) is 8.07. The molecule has 0 radical (unpaired) electrons. The van der Waals surface area contributed by atoms with Gasteiger partial charge in [-0.2, -0.15) is 5.10 Å². The van der Waals surface area contributed by atoms with Crippen molar-refractivity contribution < 1.29 is 9.90 Å². The van der Waals surface area contributed by atoms with Crippen LogP contribution in [0, 0.1) is 6.92 Å². The summed E-state index contributed by atoms with van der Waals surface area (Å²) in [5.74, 6) is -0.283. The number of carbonyl (C=O) groups excluding carboxylic acids is 1. The van der Waals surface area contributed by atoms with Crippen molar-refractivity contribution in [1.29, 1.82) is 0 Å². The van der Waals surface area contributed by atoms with Crippen molar-refractivity contribution in [3.05, 3.63) is 70.2 Å². The molecule has 0 aliphatic rings. The van der Waals surface area contributed by atoms with Crippen LogP contribution in [-0.2, 0) is 6.54 Å². The number of rotatable bonds is 4. The third-order valence-electron chi connectivity index (χ3n) is 4.02. The molecule has 4 aromatic rings. The maximum absolute atomic E-state index is 12.8. The van der Waals surface area contributed by atoms with Gasteiger partial charge in [0, 0.05) is 10.6 Å². The van der Waals surface area contributed by atoms with E-state index in [1.54, 1.807) is 46.5 Å². The molecule has 3 heterocycles. The Morgan fingerprint density at radius 2 is 2.12 bits per heavy atom. The maximum atomic E-state index is 12.8. The van der Waals surface area contributed by atoms with Gasteiger partial charge in [0.05, 0.1) is 29.4 Å². The van der Waals surface area contributed by atoms with E-state index in [9.17, 15) is 9.90 Å². The number of phenols is 1. The van der Waals surface area contributed by atoms with Crippen LogP contribution < -0.4 is 5.32 Å². The van der Waals surface area contributed by atoms with E-state index in [4.69, 9.17) is 0 Å². The number of para-hydroxylation sites is 2. The standard InChI is InChI=1S/C19H16N4O2S/c1-12-9-14(19(25)22-16-6-2-3-7-17(16)24)15-10-20-23(18(15)21-12)11-13-5-4-8-26-13/h2-10,24H,11H2,1H3,(H,22,25). The summed E-state index contributed by atoms with van der Waals surface area (Å²) in [7, 11) is 0. The predicted octanol–water partition coefficient (Wildman–Crippen LogP) is 3.81. The molecule has 0 aliphatic carbocycles. The summed E-state index contributed by atoms with van der Waals surface area (Å²) in [6.45, 7) is 2.46. The third kappa shape index (κ3) is 3.04. The van der Waals surface area contributed by atoms with Gasteiger partial charge >= 0.3 is 0 Å². The van der Waals surface area contributed by atoms with Crippen LogP contribution in [0.2, 0.25) is 0 Å². The summed E-state index contributed by atoms with van der Waals surface area (Å²) in [5.41, 5.74) is 2.24. The van der Waals surface area contributed by atoms with Gasteiger partial charge in [-0.05, 0) is 36.6 Å². The Kier molecular flexibility index (Phi) is 4.14. The van der Waals surface area contributed by atoms with E-state index < -0.39 is 0 Å². The molecule has 2 N–H and O–H groups in total. The second-order valence-corrected chi connectivity index (χ2v) is 6.93. The average molecular weight is 364 g/mol. The Balaban J connectivity index is 1.72. The normalized spacial score (nSPS) is 11.0. The minimum absolute atomic E-state index is 0.0243. The summed E-state index contributed by atoms with van der Waals surface area (Å²) in [6, 6.07) is 12.4. The summed E-state index contributed by atoms with van der Waals surface area (Å²) in [5, 5.41) is 19.7. The van der Waals surface area contributed by atoms with Crippen LogP contribution in [0.1, 0.15) is 20.9 Å². The molecule has 4 rings (SSSR count). The Hall–Kier alpha value is -3.19. The van der Waals surface area contributed by atoms with Crippen LogP contribution in [0.3, 0.4) is 0 Å². The summed E-state index contributed by atoms with van der Waals surface area (Å²) < 4.78 is 1.80. The molecule has 1 aromatic carbocycles. The van der Waals surface area contributed by atoms with Crippen LogP contribution in [0.25, 0.3) is 11.0 Å². The molecule has 3 aromatic heterocycles. The highest BCUT2D eigenvalue weighted by Crippen LogP contribution is 2.25. The molecular weight excluding hydrogens is 348 g/mol. The highest BCUT2D eigenvalue weighted by Gasteiger charge is 2.17. The second kappa shape index (κ2) is 6.61. The van der Waals surface area contributed by atoms with Crippen molar-refractivity contribution in [2.75, 3.05) is 5.32 Å². The number of aryl methyl sites for hydroxylation is 1. The van der Waals surface area contributed by atoms with Crippen LogP contribution in [0.5, 0.6) is 5.75 Å². The van der Waals surface area contributed by atoms with Crippen molar-refractivity contribution in [1.82, 2.24) is 14.8 Å². The fourth-order valence-electron chi connectivity index (χ4n) is 2.80. The van der Waals surface area contributed by atoms with E-state index in [0.717, 1.165) is 5.69 Å². The molecular formula is C19H16N4O2S. The van der Waals surface area contributed by atoms with Gasteiger partial charge in [0.1, 0.15) is 5.75 Å². The molecule has 0 aliphatic heterocycles. The van der Waals surface area contributed by atoms with Gasteiger partial charge < -0.3 is 10.4 Å². The summed E-state index contributed by atoms with van der Waals surface area (Å²) >= 11 is 1.65. The Bertz CT molecular complexity index is 1090. The number of nitrogens with one attached hydrogen (secondary N) is 1. The highest BCUT2D eigenvalue weighted by molar-refractivity contribution is 7.09. The van der Waals surface area contributed by atoms with Gasteiger partial charge in [-0.1, -0.05) is 18.2 Å². The number of hydrogen-bond donors (Lipinski definition) is 2. The zero-order valence-corrected chi connectivity index (χ0v) is 14.8. The quantitative estimate of drug-likeness (QED) is 0.540. The Morgan fingerprint density at radius 3 is 2.88 bits per heavy atom. The lowest BCUT2D eigenvalue weighted by Gasteiger charge is -2.09. The highest BCUT2D eigenvalue weighted by atomic mass is 32.1. The monoisotopic (exact) mass is 364 g/mol. The average Bonchev–Trinajstić information content (AvgIpc) is 3.27. The zero-order valence-electron chi connectivity index (χ0n) is 14.0. The van der Waals surface area contributed by atoms with Gasteiger partial charge in [-0.3, -0.25) is 4.79 Å². The number of phenolic OH excluding ortho intramolecular Hbond substituents is 1. The first-order valence-corrected chi connectivity index (χ1v) is 8.94. The Morgan fingerprint density at radius 1 is 1.27 bits per heavy atom. The molecule has 6 nitrogen and oxygen atoms in total. The number of aromatic nitrogens is 3. The number of amides is 1. The maximum Gasteiger partial charge on any atom is 0.256 e. The number of thiophene rings is 1. The predicted molar refractivity (Wildman–Crippen MR) is 102 cm³/mol. The minimum Gasteiger partial charge on any atom is -0.506 e. The topological polar surface area (TPSA) is 80.0 Å². The molecule has 0 bridgehead atoms. The first kappa shape index (κ1) is 16.3. The van der Waals surface area contributed by atoms with Gasteiger partial charge in [-0.25, -0.2) is 9.67 Å². The van der Waals surface area contributed by atoms with Crippen molar-refractivity contribution in [3.63, 3.8) is 0 Å². The Labute approximate surface area is 153 Å². The summed E-state index contributed by atoms with van der Waals surface area (Å²) in [6.07, 6.45) is 1.66. The number of fused-ring (bicyclic) bond motifs is 1. The second-order valence-electron chi connectivity index (χ2n) is 5.90. The van der Waals surface area contributed by atoms with E-state index >= 15 is 0 Å². The van der Waals surface area contributed by atoms with Crippen molar-refractivity contribution in [2.24, 2.45) is 0 Å². The molecule has 1 amide bonds. The number of nitrogens with zero attached hydrogens (tertiary/aromatic N) is 3. The van der Waals surface area contributed by atoms with Crippen molar-refractivity contribution in [2.45, 2.75) is 13.5 Å². The smallest absolute Gasteiger partial charge is 0.256 e. The van der Waals surface area contributed by atoms with E-state index in [0.29, 0.717) is 28.8 Å². The van der Waals surface area contributed by atoms with E-state index in [1.165, 1.54) is 10.9 Å². The molecule has 0 saturated carbocycles. The number of aromatic hydroxyl groups is 1. The SMILES string of the molecule is Cc1cc(C(=O)Nc2ccccc2O)c2cnn(Cc3cccs3)c2n1. The zero-order chi connectivity index (χ0) is 18.1. The number of benzene rings is 1. The van der Waals surface area contributed by atoms with E-state index in [2.05, 4.69) is 15.4 Å². The largest absolute Gasteiger partial charge is 0.506 e. The van der Waals surface area contributed by atoms with Gasteiger partial charge in [0.25, 0.3) is 5.91 Å². The van der Waals surface area contributed by atoms with E-state index in [1.807, 2.05) is 24.4 Å². The molecule has 7 heteroatoms. The van der Waals surface area contributed by atoms with Crippen LogP contribution in [0.4, 0.5) is 5.69 Å². The van der Waals surface area contributed by atoms with Gasteiger partial charge in [-0.15, -0.1) is 11.3 Å². The lowest BCUT2D eigenvalue weighted by molar-refractivity contribution is 0.102. The molecule has 0 spiro atoms. The number of anilines is 1. The molecule has 130 valence electrons. The van der Waals surface area contributed by atoms with Crippen molar-refractivity contribution in [3.8, 4) is 5.75 Å². The molecule has 26 heavy (non-hydrogen) atoms. The van der Waals surface area contributed by atoms with Crippen LogP contribution in [-0.4, -0.2) is 25.8 Å². The van der Waals surface area contributed by atoms with Gasteiger partial charge in [0.2, 0.25) is 0 Å². The minimum atomic E-state index is -0.308. The van der Waals surface area contributed by atoms with Crippen LogP contribution >= 0.6 is 11.3 Å². The van der Waals surface area contributed by atoms with Crippen molar-refractivity contribution >= 4 is 34.0 Å². The number of pyridine rings is 1. The number of hydrogen-bond acceptors (Lipinski definition) is 5. The fraction of sp³-hybridized carbons (Fsp3) is 0.105. The third-order valence-corrected chi connectivity index (χ3v) is 4.88. The first-order chi connectivity index (χ1) is 12.6. The van der Waals surface area contributed by atoms with Crippen LogP contribution in [0.15, 0.2) is 54.0 Å².